The molecule has 0 N–H and O–H groups in total. The third-order valence-corrected chi connectivity index (χ3v) is 7.39. The van der Waals surface area contributed by atoms with E-state index in [2.05, 4.69) is 36.8 Å². The van der Waals surface area contributed by atoms with Crippen molar-refractivity contribution in [1.29, 1.82) is 0 Å². The number of hydrogen-bond donors (Lipinski definition) is 0. The highest BCUT2D eigenvalue weighted by atomic mass is 79.9. The summed E-state index contributed by atoms with van der Waals surface area (Å²) in [5.74, 6) is 0.957. The first kappa shape index (κ1) is 26.2. The van der Waals surface area contributed by atoms with Crippen LogP contribution < -0.4 is 5.69 Å². The van der Waals surface area contributed by atoms with Crippen molar-refractivity contribution in [2.75, 3.05) is 0 Å². The van der Waals surface area contributed by atoms with Crippen LogP contribution in [0.1, 0.15) is 16.7 Å². The van der Waals surface area contributed by atoms with Gasteiger partial charge in [0.1, 0.15) is 11.7 Å². The van der Waals surface area contributed by atoms with Crippen LogP contribution in [-0.4, -0.2) is 20.0 Å². The molecule has 0 aliphatic carbocycles. The summed E-state index contributed by atoms with van der Waals surface area (Å²) in [6, 6.07) is 35.3. The summed E-state index contributed by atoms with van der Waals surface area (Å²) in [5.41, 5.74) is 3.15. The minimum absolute atomic E-state index is 0.321. The van der Waals surface area contributed by atoms with Gasteiger partial charge in [-0.15, -0.1) is 0 Å². The molecule has 8 heteroatoms. The minimum atomic E-state index is -0.480. The normalized spacial score (nSPS) is 11.5. The van der Waals surface area contributed by atoms with Gasteiger partial charge in [-0.25, -0.2) is 9.36 Å². The fourth-order valence-corrected chi connectivity index (χ4v) is 4.89. The molecular formula is C30H22Br2N4OS. The first-order chi connectivity index (χ1) is 18.5. The van der Waals surface area contributed by atoms with Crippen LogP contribution >= 0.6 is 44.1 Å². The number of aromatic nitrogens is 3. The Labute approximate surface area is 242 Å². The lowest BCUT2D eigenvalue weighted by Crippen LogP contribution is -2.35. The Hall–Kier alpha value is -3.46. The summed E-state index contributed by atoms with van der Waals surface area (Å²) in [6.45, 7) is 0.839. The molecule has 0 aliphatic rings. The summed E-state index contributed by atoms with van der Waals surface area (Å²) in [4.78, 5) is 23.1. The smallest absolute Gasteiger partial charge is 0.297 e. The quantitative estimate of drug-likeness (QED) is 0.109. The van der Waals surface area contributed by atoms with Gasteiger partial charge in [-0.05, 0) is 47.6 Å². The van der Waals surface area contributed by atoms with E-state index in [1.807, 2.05) is 114 Å². The molecule has 4 aromatic carbocycles. The first-order valence-corrected chi connectivity index (χ1v) is 13.9. The standard InChI is InChI=1S/C30H22Br2N4OS/c31-25-15-11-23(12-16-25)27(33-19-21-7-3-1-4-8-21)36-29(37)34-28(24-13-17-26(32)18-14-24)35(30(36)38)20-22-9-5-2-6-10-22/h1-18H,19-20H2. The predicted octanol–water partition coefficient (Wildman–Crippen LogP) is 7.51. The number of rotatable bonds is 6. The zero-order chi connectivity index (χ0) is 26.5. The largest absolute Gasteiger partial charge is 0.357 e. The predicted molar refractivity (Wildman–Crippen MR) is 162 cm³/mol. The maximum Gasteiger partial charge on any atom is 0.357 e. The summed E-state index contributed by atoms with van der Waals surface area (Å²) < 4.78 is 5.52. The second-order valence-corrected chi connectivity index (χ2v) is 10.7. The monoisotopic (exact) mass is 644 g/mol. The van der Waals surface area contributed by atoms with Gasteiger partial charge in [0, 0.05) is 20.1 Å². The van der Waals surface area contributed by atoms with Gasteiger partial charge in [0.05, 0.1) is 13.1 Å². The zero-order valence-corrected chi connectivity index (χ0v) is 24.2. The van der Waals surface area contributed by atoms with E-state index in [4.69, 9.17) is 17.2 Å². The Bertz CT molecular complexity index is 1700. The van der Waals surface area contributed by atoms with Crippen molar-refractivity contribution in [3.63, 3.8) is 0 Å². The minimum Gasteiger partial charge on any atom is -0.297 e. The van der Waals surface area contributed by atoms with Gasteiger partial charge >= 0.3 is 5.69 Å². The lowest BCUT2D eigenvalue weighted by atomic mass is 10.2. The van der Waals surface area contributed by atoms with E-state index in [9.17, 15) is 4.79 Å². The number of hydrogen-bond acceptors (Lipinski definition) is 4. The fourth-order valence-electron chi connectivity index (χ4n) is 4.04. The highest BCUT2D eigenvalue weighted by Crippen LogP contribution is 2.21. The van der Waals surface area contributed by atoms with Gasteiger partial charge in [-0.1, -0.05) is 117 Å². The van der Waals surface area contributed by atoms with Crippen molar-refractivity contribution in [1.82, 2.24) is 14.1 Å². The molecule has 1 aromatic heterocycles. The molecule has 5 nitrogen and oxygen atoms in total. The van der Waals surface area contributed by atoms with Crippen molar-refractivity contribution < 1.29 is 0 Å². The Morgan fingerprint density at radius 2 is 1.32 bits per heavy atom. The topological polar surface area (TPSA) is 52.2 Å². The van der Waals surface area contributed by atoms with Crippen molar-refractivity contribution in [2.24, 2.45) is 4.99 Å². The maximum atomic E-state index is 13.7. The molecule has 0 bridgehead atoms. The van der Waals surface area contributed by atoms with Crippen LogP contribution in [0.4, 0.5) is 0 Å². The number of halogens is 2. The average Bonchev–Trinajstić information content (AvgIpc) is 2.94. The van der Waals surface area contributed by atoms with Crippen molar-refractivity contribution >= 4 is 49.9 Å². The highest BCUT2D eigenvalue weighted by molar-refractivity contribution is 9.10. The number of benzene rings is 4. The third-order valence-electron chi connectivity index (χ3n) is 5.93. The molecule has 0 saturated carbocycles. The van der Waals surface area contributed by atoms with Crippen LogP contribution in [0.15, 0.2) is 128 Å². The van der Waals surface area contributed by atoms with Crippen molar-refractivity contribution in [3.8, 4) is 11.4 Å². The van der Waals surface area contributed by atoms with Crippen LogP contribution in [0.25, 0.3) is 11.4 Å². The summed E-state index contributed by atoms with van der Waals surface area (Å²) >= 11 is 13.0. The van der Waals surface area contributed by atoms with E-state index < -0.39 is 5.69 Å². The fraction of sp³-hybridized carbons (Fsp3) is 0.0667. The molecule has 38 heavy (non-hydrogen) atoms. The molecule has 0 aliphatic heterocycles. The second-order valence-electron chi connectivity index (χ2n) is 8.55. The highest BCUT2D eigenvalue weighted by Gasteiger charge is 2.18. The molecular weight excluding hydrogens is 624 g/mol. The maximum absolute atomic E-state index is 13.7. The van der Waals surface area contributed by atoms with Crippen LogP contribution in [0.2, 0.25) is 0 Å². The SMILES string of the molecule is O=c1nc(-c2ccc(Br)cc2)n(Cc2ccccc2)c(=S)n1C(=NCc1ccccc1)c1ccc(Br)cc1. The second kappa shape index (κ2) is 11.9. The molecule has 5 rings (SSSR count). The van der Waals surface area contributed by atoms with Crippen molar-refractivity contribution in [3.05, 3.63) is 150 Å². The van der Waals surface area contributed by atoms with E-state index in [1.165, 1.54) is 4.57 Å². The van der Waals surface area contributed by atoms with Crippen molar-refractivity contribution in [2.45, 2.75) is 13.1 Å². The summed E-state index contributed by atoms with van der Waals surface area (Å²) in [7, 11) is 0. The Balaban J connectivity index is 1.73. The lowest BCUT2D eigenvalue weighted by molar-refractivity contribution is 0.693. The Morgan fingerprint density at radius 1 is 0.763 bits per heavy atom. The van der Waals surface area contributed by atoms with E-state index in [-0.39, 0.29) is 0 Å². The lowest BCUT2D eigenvalue weighted by Gasteiger charge is -2.18. The molecule has 0 spiro atoms. The Kier molecular flexibility index (Phi) is 8.22. The summed E-state index contributed by atoms with van der Waals surface area (Å²) in [5, 5.41) is 0. The van der Waals surface area contributed by atoms with E-state index in [1.54, 1.807) is 0 Å². The molecule has 0 atom stereocenters. The molecule has 1 heterocycles. The van der Waals surface area contributed by atoms with Gasteiger partial charge in [0.15, 0.2) is 4.77 Å². The van der Waals surface area contributed by atoms with Crippen LogP contribution in [0.3, 0.4) is 0 Å². The Morgan fingerprint density at radius 3 is 1.92 bits per heavy atom. The number of nitrogens with zero attached hydrogens (tertiary/aromatic N) is 4. The molecule has 5 aromatic rings. The van der Waals surface area contributed by atoms with Gasteiger partial charge in [-0.3, -0.25) is 9.56 Å². The third kappa shape index (κ3) is 5.99. The van der Waals surface area contributed by atoms with Crippen LogP contribution in [0.5, 0.6) is 0 Å². The van der Waals surface area contributed by atoms with Gasteiger partial charge in [0.2, 0.25) is 0 Å². The number of aliphatic imine (C=N–C) groups is 1. The molecule has 0 fully saturated rings. The van der Waals surface area contributed by atoms with E-state index in [0.29, 0.717) is 29.5 Å². The zero-order valence-electron chi connectivity index (χ0n) is 20.2. The van der Waals surface area contributed by atoms with Crippen LogP contribution in [0, 0.1) is 4.77 Å². The van der Waals surface area contributed by atoms with E-state index in [0.717, 1.165) is 31.2 Å². The molecule has 0 radical (unpaired) electrons. The first-order valence-electron chi connectivity index (χ1n) is 11.9. The summed E-state index contributed by atoms with van der Waals surface area (Å²) in [6.07, 6.45) is 0. The molecule has 188 valence electrons. The molecule has 0 amide bonds. The average molecular weight is 646 g/mol. The van der Waals surface area contributed by atoms with Crippen LogP contribution in [-0.2, 0) is 13.1 Å². The van der Waals surface area contributed by atoms with Gasteiger partial charge in [-0.2, -0.15) is 4.98 Å². The van der Waals surface area contributed by atoms with Gasteiger partial charge in [0.25, 0.3) is 0 Å². The van der Waals surface area contributed by atoms with E-state index >= 15 is 0 Å². The van der Waals surface area contributed by atoms with Gasteiger partial charge < -0.3 is 0 Å². The molecule has 0 saturated heterocycles. The molecule has 0 unspecified atom stereocenters.